The van der Waals surface area contributed by atoms with Crippen molar-refractivity contribution in [2.45, 2.75) is 45.6 Å². The molecule has 3 fully saturated rings. The summed E-state index contributed by atoms with van der Waals surface area (Å²) in [6.07, 6.45) is 3.39. The van der Waals surface area contributed by atoms with Gasteiger partial charge in [-0.15, -0.1) is 0 Å². The van der Waals surface area contributed by atoms with Gasteiger partial charge in [0.1, 0.15) is 5.82 Å². The molecule has 3 saturated heterocycles. The fourth-order valence-corrected chi connectivity index (χ4v) is 6.92. The standard InChI is InChI=1S/C36H42FN5O3/c1-25-3-5-27(6-4-25)33-23-30(24-34(38-33)28-7-9-31(37)10-8-28)36(45)42-21-19-40(20-22-42)32-13-17-41(18-14-32)35(44)29-11-15-39(16-12-29)26(2)43/h3-10,23-24,29,32H,11-22H2,1-2H3. The highest BCUT2D eigenvalue weighted by atomic mass is 19.1. The normalized spacial score (nSPS) is 18.7. The molecule has 0 atom stereocenters. The number of aryl methyl sites for hydroxylation is 1. The molecule has 6 rings (SSSR count). The van der Waals surface area contributed by atoms with Crippen LogP contribution in [0, 0.1) is 18.7 Å². The molecule has 3 aliphatic rings. The summed E-state index contributed by atoms with van der Waals surface area (Å²) in [7, 11) is 0. The van der Waals surface area contributed by atoms with E-state index in [-0.39, 0.29) is 29.5 Å². The van der Waals surface area contributed by atoms with Gasteiger partial charge in [-0.25, -0.2) is 9.37 Å². The second kappa shape index (κ2) is 13.5. The van der Waals surface area contributed by atoms with E-state index < -0.39 is 0 Å². The number of piperidine rings is 2. The van der Waals surface area contributed by atoms with E-state index in [1.54, 1.807) is 19.1 Å². The van der Waals surface area contributed by atoms with Gasteiger partial charge in [0.15, 0.2) is 0 Å². The lowest BCUT2D eigenvalue weighted by Crippen LogP contribution is -2.55. The molecule has 0 saturated carbocycles. The fraction of sp³-hybridized carbons (Fsp3) is 0.444. The van der Waals surface area contributed by atoms with Gasteiger partial charge in [-0.3, -0.25) is 19.3 Å². The number of halogens is 1. The summed E-state index contributed by atoms with van der Waals surface area (Å²) < 4.78 is 13.7. The van der Waals surface area contributed by atoms with Crippen molar-refractivity contribution < 1.29 is 18.8 Å². The number of benzene rings is 2. The molecule has 3 aliphatic heterocycles. The molecule has 9 heteroatoms. The van der Waals surface area contributed by atoms with E-state index in [1.807, 2.05) is 58.0 Å². The van der Waals surface area contributed by atoms with Crippen molar-refractivity contribution in [2.75, 3.05) is 52.4 Å². The van der Waals surface area contributed by atoms with E-state index in [0.717, 1.165) is 68.6 Å². The molecule has 0 spiro atoms. The van der Waals surface area contributed by atoms with Crippen molar-refractivity contribution in [3.63, 3.8) is 0 Å². The highest BCUT2D eigenvalue weighted by Crippen LogP contribution is 2.28. The minimum Gasteiger partial charge on any atom is -0.343 e. The third-order valence-electron chi connectivity index (χ3n) is 9.74. The summed E-state index contributed by atoms with van der Waals surface area (Å²) in [5, 5.41) is 0. The molecule has 1 aromatic heterocycles. The van der Waals surface area contributed by atoms with Gasteiger partial charge in [-0.1, -0.05) is 29.8 Å². The lowest BCUT2D eigenvalue weighted by atomic mass is 9.93. The molecule has 0 bridgehead atoms. The number of amides is 3. The number of piperazine rings is 1. The van der Waals surface area contributed by atoms with Gasteiger partial charge in [-0.05, 0) is 69.0 Å². The molecule has 0 aliphatic carbocycles. The first-order chi connectivity index (χ1) is 21.7. The van der Waals surface area contributed by atoms with Crippen molar-refractivity contribution >= 4 is 17.7 Å². The molecular weight excluding hydrogens is 569 g/mol. The van der Waals surface area contributed by atoms with Gasteiger partial charge in [0, 0.05) is 87.9 Å². The third-order valence-corrected chi connectivity index (χ3v) is 9.74. The van der Waals surface area contributed by atoms with Crippen LogP contribution in [0.15, 0.2) is 60.7 Å². The number of nitrogens with zero attached hydrogens (tertiary/aromatic N) is 5. The summed E-state index contributed by atoms with van der Waals surface area (Å²) in [5.41, 5.74) is 4.76. The van der Waals surface area contributed by atoms with Crippen LogP contribution in [0.5, 0.6) is 0 Å². The quantitative estimate of drug-likeness (QED) is 0.412. The van der Waals surface area contributed by atoms with Gasteiger partial charge >= 0.3 is 0 Å². The van der Waals surface area contributed by atoms with Crippen molar-refractivity contribution in [1.29, 1.82) is 0 Å². The lowest BCUT2D eigenvalue weighted by Gasteiger charge is -2.43. The molecule has 0 N–H and O–H groups in total. The Hall–Kier alpha value is -4.11. The molecule has 4 heterocycles. The lowest BCUT2D eigenvalue weighted by molar-refractivity contribution is -0.141. The number of aromatic nitrogens is 1. The number of likely N-dealkylation sites (tertiary alicyclic amines) is 2. The van der Waals surface area contributed by atoms with Crippen LogP contribution in [-0.2, 0) is 9.59 Å². The molecule has 3 aromatic rings. The van der Waals surface area contributed by atoms with Gasteiger partial charge in [0.05, 0.1) is 11.4 Å². The highest BCUT2D eigenvalue weighted by molar-refractivity contribution is 5.96. The van der Waals surface area contributed by atoms with Crippen LogP contribution in [0.1, 0.15) is 48.5 Å². The number of carbonyl (C=O) groups is 3. The second-order valence-electron chi connectivity index (χ2n) is 12.7. The average Bonchev–Trinajstić information content (AvgIpc) is 3.08. The molecule has 0 radical (unpaired) electrons. The maximum atomic E-state index is 13.8. The van der Waals surface area contributed by atoms with Crippen molar-refractivity contribution in [3.8, 4) is 22.5 Å². The summed E-state index contributed by atoms with van der Waals surface area (Å²) >= 11 is 0. The minimum atomic E-state index is -0.314. The van der Waals surface area contributed by atoms with E-state index in [0.29, 0.717) is 49.2 Å². The van der Waals surface area contributed by atoms with Crippen LogP contribution in [0.25, 0.3) is 22.5 Å². The topological polar surface area (TPSA) is 77.1 Å². The molecule has 45 heavy (non-hydrogen) atoms. The molecular formula is C36H42FN5O3. The van der Waals surface area contributed by atoms with E-state index in [9.17, 15) is 18.8 Å². The number of hydrogen-bond donors (Lipinski definition) is 0. The van der Waals surface area contributed by atoms with Gasteiger partial charge in [-0.2, -0.15) is 0 Å². The first-order valence-corrected chi connectivity index (χ1v) is 16.2. The maximum Gasteiger partial charge on any atom is 0.254 e. The van der Waals surface area contributed by atoms with Crippen LogP contribution in [-0.4, -0.2) is 101 Å². The summed E-state index contributed by atoms with van der Waals surface area (Å²) in [6, 6.07) is 18.4. The number of hydrogen-bond acceptors (Lipinski definition) is 5. The van der Waals surface area contributed by atoms with Crippen LogP contribution < -0.4 is 0 Å². The van der Waals surface area contributed by atoms with Crippen molar-refractivity contribution in [2.24, 2.45) is 5.92 Å². The monoisotopic (exact) mass is 611 g/mol. The molecule has 236 valence electrons. The van der Waals surface area contributed by atoms with Crippen LogP contribution in [0.4, 0.5) is 4.39 Å². The van der Waals surface area contributed by atoms with E-state index in [2.05, 4.69) is 4.90 Å². The highest BCUT2D eigenvalue weighted by Gasteiger charge is 2.34. The van der Waals surface area contributed by atoms with Gasteiger partial charge in [0.25, 0.3) is 5.91 Å². The zero-order chi connectivity index (χ0) is 31.5. The summed E-state index contributed by atoms with van der Waals surface area (Å²) in [6.45, 7) is 9.38. The van der Waals surface area contributed by atoms with Crippen LogP contribution >= 0.6 is 0 Å². The molecule has 0 unspecified atom stereocenters. The largest absolute Gasteiger partial charge is 0.343 e. The summed E-state index contributed by atoms with van der Waals surface area (Å²) in [4.78, 5) is 51.8. The Balaban J connectivity index is 1.07. The minimum absolute atomic E-state index is 0.0231. The molecule has 3 amide bonds. The van der Waals surface area contributed by atoms with Crippen molar-refractivity contribution in [3.05, 3.63) is 77.6 Å². The van der Waals surface area contributed by atoms with Crippen LogP contribution in [0.2, 0.25) is 0 Å². The Labute approximate surface area is 264 Å². The Bertz CT molecular complexity index is 1460. The SMILES string of the molecule is CC(=O)N1CCC(C(=O)N2CCC(N3CCN(C(=O)c4cc(-c5ccc(C)cc5)nc(-c5ccc(F)cc5)c4)CC3)CC2)CC1. The number of rotatable bonds is 5. The zero-order valence-electron chi connectivity index (χ0n) is 26.3. The third kappa shape index (κ3) is 7.09. The molecule has 2 aromatic carbocycles. The first-order valence-electron chi connectivity index (χ1n) is 16.2. The maximum absolute atomic E-state index is 13.8. The van der Waals surface area contributed by atoms with Crippen molar-refractivity contribution in [1.82, 2.24) is 24.6 Å². The fourth-order valence-electron chi connectivity index (χ4n) is 6.92. The van der Waals surface area contributed by atoms with Crippen LogP contribution in [0.3, 0.4) is 0 Å². The van der Waals surface area contributed by atoms with E-state index in [1.165, 1.54) is 12.1 Å². The predicted octanol–water partition coefficient (Wildman–Crippen LogP) is 4.87. The first kappa shape index (κ1) is 30.9. The number of pyridine rings is 1. The Kier molecular flexibility index (Phi) is 9.26. The Morgan fingerprint density at radius 3 is 1.78 bits per heavy atom. The number of carbonyl (C=O) groups excluding carboxylic acids is 3. The van der Waals surface area contributed by atoms with Gasteiger partial charge < -0.3 is 14.7 Å². The zero-order valence-corrected chi connectivity index (χ0v) is 26.3. The summed E-state index contributed by atoms with van der Waals surface area (Å²) in [5.74, 6) is 0.0202. The molecule has 8 nitrogen and oxygen atoms in total. The van der Waals surface area contributed by atoms with Gasteiger partial charge in [0.2, 0.25) is 11.8 Å². The van der Waals surface area contributed by atoms with E-state index >= 15 is 0 Å². The second-order valence-corrected chi connectivity index (χ2v) is 12.7. The Morgan fingerprint density at radius 2 is 1.22 bits per heavy atom. The Morgan fingerprint density at radius 1 is 0.689 bits per heavy atom. The predicted molar refractivity (Wildman–Crippen MR) is 172 cm³/mol. The smallest absolute Gasteiger partial charge is 0.254 e. The average molecular weight is 612 g/mol. The van der Waals surface area contributed by atoms with E-state index in [4.69, 9.17) is 4.98 Å².